The molecule has 1 aliphatic rings. The predicted molar refractivity (Wildman–Crippen MR) is 79.3 cm³/mol. The van der Waals surface area contributed by atoms with Crippen molar-refractivity contribution < 1.29 is 13.9 Å². The second kappa shape index (κ2) is 8.10. The van der Waals surface area contributed by atoms with Crippen LogP contribution in [-0.2, 0) is 16.1 Å². The molecule has 0 aliphatic carbocycles. The molecule has 1 aliphatic heterocycles. The summed E-state index contributed by atoms with van der Waals surface area (Å²) in [6.45, 7) is 4.80. The first-order valence-corrected chi connectivity index (χ1v) is 7.53. The van der Waals surface area contributed by atoms with Crippen LogP contribution in [0.5, 0.6) is 0 Å². The fourth-order valence-electron chi connectivity index (χ4n) is 2.49. The van der Waals surface area contributed by atoms with E-state index in [0.717, 1.165) is 25.0 Å². The number of hydrogen-bond donors (Lipinski definition) is 1. The summed E-state index contributed by atoms with van der Waals surface area (Å²) in [5.74, 6) is -0.243. The topological polar surface area (TPSA) is 41.6 Å². The number of carbonyl (C=O) groups excluding carboxylic acids is 1. The summed E-state index contributed by atoms with van der Waals surface area (Å²) in [6.07, 6.45) is 2.39. The number of nitrogens with one attached hydrogen (secondary N) is 1. The van der Waals surface area contributed by atoms with E-state index >= 15 is 0 Å². The van der Waals surface area contributed by atoms with Gasteiger partial charge in [0.15, 0.2) is 0 Å². The van der Waals surface area contributed by atoms with Crippen LogP contribution < -0.4 is 5.32 Å². The summed E-state index contributed by atoms with van der Waals surface area (Å²) in [7, 11) is 0. The van der Waals surface area contributed by atoms with Crippen molar-refractivity contribution in [1.82, 2.24) is 10.2 Å². The normalized spacial score (nSPS) is 17.9. The van der Waals surface area contributed by atoms with Crippen molar-refractivity contribution in [3.8, 4) is 0 Å². The van der Waals surface area contributed by atoms with Crippen molar-refractivity contribution in [2.24, 2.45) is 0 Å². The number of halogens is 1. The molecule has 21 heavy (non-hydrogen) atoms. The summed E-state index contributed by atoms with van der Waals surface area (Å²) in [4.78, 5) is 13.9. The Morgan fingerprint density at radius 2 is 2.38 bits per heavy atom. The highest BCUT2D eigenvalue weighted by atomic mass is 19.1. The Labute approximate surface area is 125 Å². The first kappa shape index (κ1) is 15.9. The predicted octanol–water partition coefficient (Wildman–Crippen LogP) is 1.94. The molecular weight excluding hydrogens is 271 g/mol. The molecule has 5 heteroatoms. The average molecular weight is 294 g/mol. The second-order valence-corrected chi connectivity index (χ2v) is 5.30. The molecule has 0 radical (unpaired) electrons. The smallest absolute Gasteiger partial charge is 0.236 e. The minimum Gasteiger partial charge on any atom is -0.377 e. The third-order valence-electron chi connectivity index (χ3n) is 3.67. The van der Waals surface area contributed by atoms with Gasteiger partial charge in [0.2, 0.25) is 5.91 Å². The van der Waals surface area contributed by atoms with Crippen molar-refractivity contribution in [2.75, 3.05) is 26.2 Å². The lowest BCUT2D eigenvalue weighted by Gasteiger charge is -2.21. The number of carbonyl (C=O) groups is 1. The lowest BCUT2D eigenvalue weighted by atomic mass is 10.2. The Morgan fingerprint density at radius 1 is 1.52 bits per heavy atom. The fourth-order valence-corrected chi connectivity index (χ4v) is 2.49. The van der Waals surface area contributed by atoms with Gasteiger partial charge in [-0.3, -0.25) is 4.79 Å². The molecule has 116 valence electrons. The molecule has 1 aromatic carbocycles. The van der Waals surface area contributed by atoms with Crippen LogP contribution in [0.15, 0.2) is 24.3 Å². The summed E-state index contributed by atoms with van der Waals surface area (Å²) < 4.78 is 18.7. The van der Waals surface area contributed by atoms with E-state index in [2.05, 4.69) is 5.32 Å². The van der Waals surface area contributed by atoms with Crippen LogP contribution >= 0.6 is 0 Å². The lowest BCUT2D eigenvalue weighted by Crippen LogP contribution is -2.39. The molecule has 4 nitrogen and oxygen atoms in total. The molecule has 0 bridgehead atoms. The zero-order chi connectivity index (χ0) is 15.1. The maximum atomic E-state index is 13.2. The highest BCUT2D eigenvalue weighted by Gasteiger charge is 2.16. The van der Waals surface area contributed by atoms with Crippen LogP contribution in [0.2, 0.25) is 0 Å². The molecule has 0 spiro atoms. The van der Waals surface area contributed by atoms with E-state index in [4.69, 9.17) is 4.74 Å². The van der Waals surface area contributed by atoms with Gasteiger partial charge in [-0.1, -0.05) is 12.1 Å². The van der Waals surface area contributed by atoms with Crippen molar-refractivity contribution in [2.45, 2.75) is 32.4 Å². The lowest BCUT2D eigenvalue weighted by molar-refractivity contribution is -0.130. The fraction of sp³-hybridized carbons (Fsp3) is 0.562. The summed E-state index contributed by atoms with van der Waals surface area (Å²) in [5.41, 5.74) is 0.810. The molecule has 1 heterocycles. The van der Waals surface area contributed by atoms with E-state index in [0.29, 0.717) is 26.2 Å². The van der Waals surface area contributed by atoms with E-state index in [1.54, 1.807) is 11.0 Å². The molecule has 1 aromatic rings. The van der Waals surface area contributed by atoms with Gasteiger partial charge in [0.25, 0.3) is 0 Å². The van der Waals surface area contributed by atoms with Gasteiger partial charge >= 0.3 is 0 Å². The van der Waals surface area contributed by atoms with Gasteiger partial charge in [-0.15, -0.1) is 0 Å². The average Bonchev–Trinajstić information content (AvgIpc) is 2.98. The number of nitrogens with zero attached hydrogens (tertiary/aromatic N) is 1. The summed E-state index contributed by atoms with van der Waals surface area (Å²) in [5, 5.41) is 3.15. The van der Waals surface area contributed by atoms with Gasteiger partial charge in [0.1, 0.15) is 5.82 Å². The largest absolute Gasteiger partial charge is 0.377 e. The maximum Gasteiger partial charge on any atom is 0.236 e. The van der Waals surface area contributed by atoms with Gasteiger partial charge in [0.05, 0.1) is 12.6 Å². The minimum atomic E-state index is -0.271. The van der Waals surface area contributed by atoms with Crippen molar-refractivity contribution in [1.29, 1.82) is 0 Å². The van der Waals surface area contributed by atoms with Crippen LogP contribution in [-0.4, -0.2) is 43.2 Å². The van der Waals surface area contributed by atoms with E-state index < -0.39 is 0 Å². The zero-order valence-electron chi connectivity index (χ0n) is 12.5. The molecule has 1 saturated heterocycles. The first-order valence-electron chi connectivity index (χ1n) is 7.53. The molecule has 2 rings (SSSR count). The van der Waals surface area contributed by atoms with Crippen LogP contribution in [0.1, 0.15) is 25.3 Å². The highest BCUT2D eigenvalue weighted by Crippen LogP contribution is 2.10. The number of amides is 1. The Balaban J connectivity index is 1.77. The van der Waals surface area contributed by atoms with Gasteiger partial charge in [0, 0.05) is 26.2 Å². The van der Waals surface area contributed by atoms with Crippen molar-refractivity contribution >= 4 is 5.91 Å². The standard InChI is InChI=1S/C16H23FN2O2/c1-2-19(12-13-5-3-6-14(17)9-13)16(20)11-18-10-15-7-4-8-21-15/h3,5-6,9,15,18H,2,4,7-8,10-12H2,1H3. The van der Waals surface area contributed by atoms with E-state index in [9.17, 15) is 9.18 Å². The Kier molecular flexibility index (Phi) is 6.14. The molecule has 1 amide bonds. The third kappa shape index (κ3) is 5.10. The SMILES string of the molecule is CCN(Cc1cccc(F)c1)C(=O)CNCC1CCCO1. The van der Waals surface area contributed by atoms with Gasteiger partial charge < -0.3 is 15.0 Å². The molecule has 1 fully saturated rings. The van der Waals surface area contributed by atoms with E-state index in [-0.39, 0.29) is 17.8 Å². The summed E-state index contributed by atoms with van der Waals surface area (Å²) >= 11 is 0. The zero-order valence-corrected chi connectivity index (χ0v) is 12.5. The second-order valence-electron chi connectivity index (χ2n) is 5.30. The van der Waals surface area contributed by atoms with Crippen LogP contribution in [0, 0.1) is 5.82 Å². The van der Waals surface area contributed by atoms with Crippen molar-refractivity contribution in [3.63, 3.8) is 0 Å². The Bertz CT molecular complexity index is 461. The van der Waals surface area contributed by atoms with Gasteiger partial charge in [-0.2, -0.15) is 0 Å². The number of benzene rings is 1. The number of rotatable bonds is 7. The Morgan fingerprint density at radius 3 is 3.05 bits per heavy atom. The molecule has 0 aromatic heterocycles. The minimum absolute atomic E-state index is 0.0276. The molecule has 0 saturated carbocycles. The van der Waals surface area contributed by atoms with E-state index in [1.165, 1.54) is 12.1 Å². The molecule has 1 atom stereocenters. The number of hydrogen-bond acceptors (Lipinski definition) is 3. The van der Waals surface area contributed by atoms with Crippen molar-refractivity contribution in [3.05, 3.63) is 35.6 Å². The highest BCUT2D eigenvalue weighted by molar-refractivity contribution is 5.78. The summed E-state index contributed by atoms with van der Waals surface area (Å²) in [6, 6.07) is 6.37. The van der Waals surface area contributed by atoms with E-state index in [1.807, 2.05) is 13.0 Å². The van der Waals surface area contributed by atoms with Crippen LogP contribution in [0.3, 0.4) is 0 Å². The van der Waals surface area contributed by atoms with Crippen LogP contribution in [0.25, 0.3) is 0 Å². The Hall–Kier alpha value is -1.46. The molecule has 1 N–H and O–H groups in total. The third-order valence-corrected chi connectivity index (χ3v) is 3.67. The molecule has 1 unspecified atom stereocenters. The molecular formula is C16H23FN2O2. The first-order chi connectivity index (χ1) is 10.2. The number of likely N-dealkylation sites (N-methyl/N-ethyl adjacent to an activating group) is 1. The van der Waals surface area contributed by atoms with Crippen LogP contribution in [0.4, 0.5) is 4.39 Å². The van der Waals surface area contributed by atoms with Gasteiger partial charge in [-0.05, 0) is 37.5 Å². The quantitative estimate of drug-likeness (QED) is 0.835. The number of ether oxygens (including phenoxy) is 1. The maximum absolute atomic E-state index is 13.2. The van der Waals surface area contributed by atoms with Gasteiger partial charge in [-0.25, -0.2) is 4.39 Å². The monoisotopic (exact) mass is 294 g/mol.